The van der Waals surface area contributed by atoms with E-state index in [0.29, 0.717) is 18.1 Å². The van der Waals surface area contributed by atoms with Gasteiger partial charge in [0.1, 0.15) is 0 Å². The highest BCUT2D eigenvalue weighted by molar-refractivity contribution is 6.31. The highest BCUT2D eigenvalue weighted by Gasteiger charge is 2.09. The second kappa shape index (κ2) is 5.79. The van der Waals surface area contributed by atoms with Crippen molar-refractivity contribution in [3.63, 3.8) is 0 Å². The van der Waals surface area contributed by atoms with Crippen LogP contribution in [0, 0.1) is 10.1 Å². The Labute approximate surface area is 98.2 Å². The molecule has 0 aliphatic carbocycles. The monoisotopic (exact) mass is 244 g/mol. The summed E-state index contributed by atoms with van der Waals surface area (Å²) in [5, 5.41) is 22.8. The molecule has 0 aliphatic heterocycles. The number of nitrogens with zero attached hydrogens (tertiary/aromatic N) is 1. The molecule has 0 aliphatic rings. The van der Waals surface area contributed by atoms with Gasteiger partial charge in [0, 0.05) is 25.2 Å². The van der Waals surface area contributed by atoms with Crippen molar-refractivity contribution in [1.29, 1.82) is 0 Å². The van der Waals surface area contributed by atoms with Gasteiger partial charge in [0.15, 0.2) is 0 Å². The molecule has 0 aromatic heterocycles. The predicted octanol–water partition coefficient (Wildman–Crippen LogP) is 1.72. The van der Waals surface area contributed by atoms with Crippen LogP contribution in [0.4, 0.5) is 5.69 Å². The smallest absolute Gasteiger partial charge is 0.270 e. The molecule has 0 radical (unpaired) electrons. The number of aliphatic hydroxyl groups is 1. The van der Waals surface area contributed by atoms with E-state index in [1.807, 2.05) is 0 Å². The summed E-state index contributed by atoms with van der Waals surface area (Å²) in [5.41, 5.74) is 0.747. The van der Waals surface area contributed by atoms with E-state index in [2.05, 4.69) is 5.32 Å². The van der Waals surface area contributed by atoms with Crippen LogP contribution in [0.25, 0.3) is 0 Å². The van der Waals surface area contributed by atoms with Crippen LogP contribution in [0.3, 0.4) is 0 Å². The molecule has 5 nitrogen and oxygen atoms in total. The fraction of sp³-hybridized carbons (Fsp3) is 0.400. The van der Waals surface area contributed by atoms with Gasteiger partial charge in [-0.1, -0.05) is 11.6 Å². The largest absolute Gasteiger partial charge is 0.392 e. The van der Waals surface area contributed by atoms with Crippen LogP contribution in [-0.2, 0) is 6.54 Å². The molecule has 16 heavy (non-hydrogen) atoms. The lowest BCUT2D eigenvalue weighted by molar-refractivity contribution is -0.384. The molecule has 0 spiro atoms. The standard InChI is InChI=1S/C10H13ClN2O3/c1-7(14)5-12-6-8-2-3-9(13(15)16)4-10(8)11/h2-4,7,12,14H,5-6H2,1H3/t7-/m1/s1. The van der Waals surface area contributed by atoms with Crippen LogP contribution < -0.4 is 5.32 Å². The van der Waals surface area contributed by atoms with E-state index in [-0.39, 0.29) is 5.69 Å². The molecule has 0 amide bonds. The Hall–Kier alpha value is -1.17. The number of non-ortho nitro benzene ring substituents is 1. The van der Waals surface area contributed by atoms with Gasteiger partial charge in [0.2, 0.25) is 0 Å². The molecular formula is C10H13ClN2O3. The molecular weight excluding hydrogens is 232 g/mol. The van der Waals surface area contributed by atoms with E-state index in [9.17, 15) is 10.1 Å². The van der Waals surface area contributed by atoms with Gasteiger partial charge in [0.25, 0.3) is 5.69 Å². The molecule has 88 valence electrons. The average Bonchev–Trinajstić information content (AvgIpc) is 2.19. The van der Waals surface area contributed by atoms with Crippen LogP contribution in [0.15, 0.2) is 18.2 Å². The zero-order chi connectivity index (χ0) is 12.1. The second-order valence-electron chi connectivity index (χ2n) is 3.51. The summed E-state index contributed by atoms with van der Waals surface area (Å²) >= 11 is 5.88. The fourth-order valence-electron chi connectivity index (χ4n) is 1.21. The molecule has 0 unspecified atom stereocenters. The van der Waals surface area contributed by atoms with Gasteiger partial charge < -0.3 is 10.4 Å². The number of hydrogen-bond donors (Lipinski definition) is 2. The summed E-state index contributed by atoms with van der Waals surface area (Å²) < 4.78 is 0. The first kappa shape index (κ1) is 12.9. The third-order valence-electron chi connectivity index (χ3n) is 2.00. The maximum atomic E-state index is 10.5. The van der Waals surface area contributed by atoms with Crippen molar-refractivity contribution in [2.45, 2.75) is 19.6 Å². The maximum Gasteiger partial charge on any atom is 0.270 e. The minimum atomic E-state index is -0.487. The first-order valence-corrected chi connectivity index (χ1v) is 5.20. The SMILES string of the molecule is C[C@@H](O)CNCc1ccc([N+](=O)[O-])cc1Cl. The summed E-state index contributed by atoms with van der Waals surface area (Å²) in [4.78, 5) is 9.98. The molecule has 1 rings (SSSR count). The molecule has 0 bridgehead atoms. The number of hydrogen-bond acceptors (Lipinski definition) is 4. The summed E-state index contributed by atoms with van der Waals surface area (Å²) in [6.07, 6.45) is -0.433. The van der Waals surface area contributed by atoms with E-state index in [4.69, 9.17) is 16.7 Å². The molecule has 0 heterocycles. The number of halogens is 1. The van der Waals surface area contributed by atoms with Gasteiger partial charge in [0.05, 0.1) is 16.0 Å². The summed E-state index contributed by atoms with van der Waals surface area (Å²) in [6, 6.07) is 4.34. The van der Waals surface area contributed by atoms with E-state index < -0.39 is 11.0 Å². The molecule has 2 N–H and O–H groups in total. The molecule has 0 saturated heterocycles. The predicted molar refractivity (Wildman–Crippen MR) is 61.5 cm³/mol. The van der Waals surface area contributed by atoms with Crippen LogP contribution >= 0.6 is 11.6 Å². The van der Waals surface area contributed by atoms with E-state index in [1.54, 1.807) is 13.0 Å². The van der Waals surface area contributed by atoms with Crippen LogP contribution in [0.5, 0.6) is 0 Å². The first-order valence-electron chi connectivity index (χ1n) is 4.82. The second-order valence-corrected chi connectivity index (χ2v) is 3.92. The Morgan fingerprint density at radius 3 is 2.81 bits per heavy atom. The Bertz CT molecular complexity index is 382. The number of rotatable bonds is 5. The van der Waals surface area contributed by atoms with Crippen LogP contribution in [0.2, 0.25) is 5.02 Å². The molecule has 0 fully saturated rings. The Morgan fingerprint density at radius 2 is 2.31 bits per heavy atom. The van der Waals surface area contributed by atoms with E-state index in [0.717, 1.165) is 5.56 Å². The van der Waals surface area contributed by atoms with Crippen molar-refractivity contribution >= 4 is 17.3 Å². The Morgan fingerprint density at radius 1 is 1.62 bits per heavy atom. The lowest BCUT2D eigenvalue weighted by Gasteiger charge is -2.08. The lowest BCUT2D eigenvalue weighted by Crippen LogP contribution is -2.23. The fourth-order valence-corrected chi connectivity index (χ4v) is 1.45. The summed E-state index contributed by atoms with van der Waals surface area (Å²) in [6.45, 7) is 2.60. The third-order valence-corrected chi connectivity index (χ3v) is 2.35. The Kier molecular flexibility index (Phi) is 4.67. The van der Waals surface area contributed by atoms with Gasteiger partial charge in [-0.15, -0.1) is 0 Å². The van der Waals surface area contributed by atoms with Crippen molar-refractivity contribution in [2.24, 2.45) is 0 Å². The summed E-state index contributed by atoms with van der Waals surface area (Å²) in [5.74, 6) is 0. The van der Waals surface area contributed by atoms with Crippen molar-refractivity contribution in [2.75, 3.05) is 6.54 Å². The van der Waals surface area contributed by atoms with Crippen molar-refractivity contribution in [3.05, 3.63) is 38.9 Å². The quantitative estimate of drug-likeness (QED) is 0.611. The topological polar surface area (TPSA) is 75.4 Å². The highest BCUT2D eigenvalue weighted by Crippen LogP contribution is 2.22. The lowest BCUT2D eigenvalue weighted by atomic mass is 10.2. The number of nitro groups is 1. The normalized spacial score (nSPS) is 12.4. The number of aliphatic hydroxyl groups excluding tert-OH is 1. The minimum Gasteiger partial charge on any atom is -0.392 e. The van der Waals surface area contributed by atoms with Gasteiger partial charge in [-0.05, 0) is 18.6 Å². The molecule has 0 saturated carbocycles. The zero-order valence-corrected chi connectivity index (χ0v) is 9.57. The first-order chi connectivity index (χ1) is 7.50. The maximum absolute atomic E-state index is 10.5. The number of nitrogens with one attached hydrogen (secondary N) is 1. The average molecular weight is 245 g/mol. The van der Waals surface area contributed by atoms with Crippen LogP contribution in [-0.4, -0.2) is 22.7 Å². The third kappa shape index (κ3) is 3.77. The molecule has 1 aromatic rings. The van der Waals surface area contributed by atoms with E-state index in [1.165, 1.54) is 12.1 Å². The van der Waals surface area contributed by atoms with Gasteiger partial charge >= 0.3 is 0 Å². The van der Waals surface area contributed by atoms with Crippen LogP contribution in [0.1, 0.15) is 12.5 Å². The summed E-state index contributed by atoms with van der Waals surface area (Å²) in [7, 11) is 0. The van der Waals surface area contributed by atoms with Gasteiger partial charge in [-0.2, -0.15) is 0 Å². The van der Waals surface area contributed by atoms with Gasteiger partial charge in [-0.3, -0.25) is 10.1 Å². The van der Waals surface area contributed by atoms with E-state index >= 15 is 0 Å². The highest BCUT2D eigenvalue weighted by atomic mass is 35.5. The molecule has 1 aromatic carbocycles. The van der Waals surface area contributed by atoms with Gasteiger partial charge in [-0.25, -0.2) is 0 Å². The van der Waals surface area contributed by atoms with Crippen molar-refractivity contribution in [3.8, 4) is 0 Å². The van der Waals surface area contributed by atoms with Crippen molar-refractivity contribution < 1.29 is 10.0 Å². The molecule has 1 atom stereocenters. The zero-order valence-electron chi connectivity index (χ0n) is 8.81. The number of benzene rings is 1. The number of nitro benzene ring substituents is 1. The Balaban J connectivity index is 2.64. The van der Waals surface area contributed by atoms with Crippen molar-refractivity contribution in [1.82, 2.24) is 5.32 Å². The molecule has 6 heteroatoms. The minimum absolute atomic E-state index is 0.0238.